The zero-order valence-corrected chi connectivity index (χ0v) is 20.0. The fraction of sp³-hybridized carbons (Fsp3) is 0.0769. The van der Waals surface area contributed by atoms with Crippen LogP contribution in [0.25, 0.3) is 10.8 Å². The third kappa shape index (κ3) is 4.48. The maximum atomic E-state index is 13.0. The minimum atomic E-state index is -3.94. The van der Waals surface area contributed by atoms with Crippen LogP contribution in [-0.2, 0) is 10.0 Å². The van der Waals surface area contributed by atoms with E-state index in [2.05, 4.69) is 4.72 Å². The van der Waals surface area contributed by atoms with Gasteiger partial charge in [-0.1, -0.05) is 66.4 Å². The number of carbonyl (C=O) groups excluding carboxylic acids is 2. The number of carbonyl (C=O) groups is 2. The van der Waals surface area contributed by atoms with Crippen molar-refractivity contribution in [3.05, 3.63) is 96.1 Å². The molecule has 1 aliphatic heterocycles. The lowest BCUT2D eigenvalue weighted by atomic mass is 10.1. The van der Waals surface area contributed by atoms with Crippen LogP contribution in [0.3, 0.4) is 0 Å². The monoisotopic (exact) mass is 504 g/mol. The normalized spacial score (nSPS) is 13.3. The van der Waals surface area contributed by atoms with Crippen molar-refractivity contribution in [1.82, 2.24) is 4.90 Å². The second-order valence-corrected chi connectivity index (χ2v) is 10.9. The molecule has 35 heavy (non-hydrogen) atoms. The van der Waals surface area contributed by atoms with Crippen LogP contribution < -0.4 is 4.72 Å². The van der Waals surface area contributed by atoms with Gasteiger partial charge in [-0.3, -0.25) is 19.2 Å². The quantitative estimate of drug-likeness (QED) is 0.278. The van der Waals surface area contributed by atoms with E-state index in [4.69, 9.17) is 0 Å². The fourth-order valence-corrected chi connectivity index (χ4v) is 5.94. The Morgan fingerprint density at radius 2 is 1.37 bits per heavy atom. The van der Waals surface area contributed by atoms with E-state index in [-0.39, 0.29) is 23.4 Å². The van der Waals surface area contributed by atoms with Crippen LogP contribution in [0.5, 0.6) is 5.75 Å². The van der Waals surface area contributed by atoms with E-state index < -0.39 is 27.6 Å². The molecule has 4 aromatic rings. The van der Waals surface area contributed by atoms with E-state index in [0.717, 1.165) is 9.80 Å². The minimum Gasteiger partial charge on any atom is -0.506 e. The molecule has 0 spiro atoms. The zero-order valence-electron chi connectivity index (χ0n) is 18.3. The van der Waals surface area contributed by atoms with Gasteiger partial charge >= 0.3 is 0 Å². The van der Waals surface area contributed by atoms with Crippen LogP contribution in [0.1, 0.15) is 20.7 Å². The van der Waals surface area contributed by atoms with Crippen molar-refractivity contribution in [1.29, 1.82) is 0 Å². The molecule has 5 rings (SSSR count). The molecule has 4 aromatic carbocycles. The third-order valence-electron chi connectivity index (χ3n) is 5.68. The summed E-state index contributed by atoms with van der Waals surface area (Å²) in [5, 5.41) is 11.9. The molecule has 0 fully saturated rings. The Morgan fingerprint density at radius 3 is 2.03 bits per heavy atom. The van der Waals surface area contributed by atoms with Crippen LogP contribution in [0.15, 0.2) is 94.7 Å². The summed E-state index contributed by atoms with van der Waals surface area (Å²) in [6.07, 6.45) is 0. The van der Waals surface area contributed by atoms with Gasteiger partial charge in [0.25, 0.3) is 11.8 Å². The molecule has 2 amide bonds. The number of phenols is 1. The van der Waals surface area contributed by atoms with E-state index in [1.165, 1.54) is 11.8 Å². The summed E-state index contributed by atoms with van der Waals surface area (Å²) in [6.45, 7) is -0.274. The number of aromatic hydroxyl groups is 1. The largest absolute Gasteiger partial charge is 0.506 e. The summed E-state index contributed by atoms with van der Waals surface area (Å²) in [4.78, 5) is 27.5. The topological polar surface area (TPSA) is 104 Å². The first-order chi connectivity index (χ1) is 16.8. The Kier molecular flexibility index (Phi) is 5.96. The number of hydrogen-bond donors (Lipinski definition) is 2. The smallest absolute Gasteiger partial charge is 0.261 e. The van der Waals surface area contributed by atoms with Crippen molar-refractivity contribution in [2.45, 2.75) is 9.79 Å². The Morgan fingerprint density at radius 1 is 0.800 bits per heavy atom. The molecule has 9 heteroatoms. The SMILES string of the molecule is O=C1c2ccccc2C(=O)N1CCS(=O)(=O)Nc1cc(Sc2ccccc2)c(O)c2ccccc12. The summed E-state index contributed by atoms with van der Waals surface area (Å²) in [5.74, 6) is -1.41. The Balaban J connectivity index is 1.41. The predicted octanol–water partition coefficient (Wildman–Crippen LogP) is 4.73. The highest BCUT2D eigenvalue weighted by atomic mass is 32.2. The highest BCUT2D eigenvalue weighted by Crippen LogP contribution is 2.42. The van der Waals surface area contributed by atoms with Crippen molar-refractivity contribution in [3.63, 3.8) is 0 Å². The van der Waals surface area contributed by atoms with Gasteiger partial charge in [0, 0.05) is 22.2 Å². The van der Waals surface area contributed by atoms with Gasteiger partial charge in [-0.25, -0.2) is 8.42 Å². The fourth-order valence-electron chi connectivity index (χ4n) is 3.98. The average molecular weight is 505 g/mol. The van der Waals surface area contributed by atoms with Crippen molar-refractivity contribution in [3.8, 4) is 5.75 Å². The summed E-state index contributed by atoms with van der Waals surface area (Å²) in [5.41, 5.74) is 0.851. The third-order valence-corrected chi connectivity index (χ3v) is 7.97. The molecule has 0 unspecified atom stereocenters. The molecule has 0 bridgehead atoms. The molecule has 7 nitrogen and oxygen atoms in total. The van der Waals surface area contributed by atoms with E-state index in [1.54, 1.807) is 54.6 Å². The first-order valence-corrected chi connectivity index (χ1v) is 13.2. The zero-order chi connectivity index (χ0) is 24.6. The Labute approximate surface area is 206 Å². The summed E-state index contributed by atoms with van der Waals surface area (Å²) >= 11 is 1.31. The van der Waals surface area contributed by atoms with E-state index in [9.17, 15) is 23.1 Å². The minimum absolute atomic E-state index is 0.0587. The lowest BCUT2D eigenvalue weighted by Gasteiger charge is -2.17. The molecule has 0 aliphatic carbocycles. The number of rotatable bonds is 7. The van der Waals surface area contributed by atoms with Gasteiger partial charge in [0.05, 0.1) is 27.5 Å². The highest BCUT2D eigenvalue weighted by Gasteiger charge is 2.35. The number of hydrogen-bond acceptors (Lipinski definition) is 6. The number of sulfonamides is 1. The molecule has 176 valence electrons. The van der Waals surface area contributed by atoms with E-state index in [1.807, 2.05) is 30.3 Å². The molecule has 1 heterocycles. The number of phenolic OH excluding ortho intramolecular Hbond substituents is 1. The molecule has 0 atom stereocenters. The van der Waals surface area contributed by atoms with Crippen molar-refractivity contribution < 1.29 is 23.1 Å². The van der Waals surface area contributed by atoms with Gasteiger partial charge in [0.15, 0.2) is 0 Å². The number of nitrogens with one attached hydrogen (secondary N) is 1. The van der Waals surface area contributed by atoms with Gasteiger partial charge < -0.3 is 5.11 Å². The molecule has 1 aliphatic rings. The van der Waals surface area contributed by atoms with E-state index in [0.29, 0.717) is 21.4 Å². The van der Waals surface area contributed by atoms with Crippen LogP contribution in [0.2, 0.25) is 0 Å². The molecular formula is C26H20N2O5S2. The van der Waals surface area contributed by atoms with Crippen LogP contribution in [-0.4, -0.2) is 42.5 Å². The van der Waals surface area contributed by atoms with Gasteiger partial charge in [-0.15, -0.1) is 0 Å². The van der Waals surface area contributed by atoms with Gasteiger partial charge in [-0.05, 0) is 30.3 Å². The number of anilines is 1. The number of benzene rings is 4. The summed E-state index contributed by atoms with van der Waals surface area (Å²) < 4.78 is 28.6. The van der Waals surface area contributed by atoms with Crippen molar-refractivity contribution in [2.24, 2.45) is 0 Å². The highest BCUT2D eigenvalue weighted by molar-refractivity contribution is 7.99. The van der Waals surface area contributed by atoms with Crippen LogP contribution in [0.4, 0.5) is 5.69 Å². The summed E-state index contributed by atoms with van der Waals surface area (Å²) in [7, 11) is -3.94. The van der Waals surface area contributed by atoms with Crippen LogP contribution in [0, 0.1) is 0 Å². The molecule has 0 radical (unpaired) electrons. The average Bonchev–Trinajstić information content (AvgIpc) is 3.11. The number of fused-ring (bicyclic) bond motifs is 2. The van der Waals surface area contributed by atoms with Crippen molar-refractivity contribution >= 4 is 50.1 Å². The molecular weight excluding hydrogens is 484 g/mol. The lowest BCUT2D eigenvalue weighted by Crippen LogP contribution is -2.35. The second-order valence-electron chi connectivity index (χ2n) is 7.96. The van der Waals surface area contributed by atoms with E-state index >= 15 is 0 Å². The lowest BCUT2D eigenvalue weighted by molar-refractivity contribution is 0.0664. The van der Waals surface area contributed by atoms with Gasteiger partial charge in [0.2, 0.25) is 10.0 Å². The predicted molar refractivity (Wildman–Crippen MR) is 135 cm³/mol. The van der Waals surface area contributed by atoms with Gasteiger partial charge in [0.1, 0.15) is 5.75 Å². The molecule has 0 aromatic heterocycles. The van der Waals surface area contributed by atoms with Crippen LogP contribution >= 0.6 is 11.8 Å². The number of nitrogens with zero attached hydrogens (tertiary/aromatic N) is 1. The molecule has 0 saturated heterocycles. The maximum absolute atomic E-state index is 13.0. The molecule has 0 saturated carbocycles. The van der Waals surface area contributed by atoms with Gasteiger partial charge in [-0.2, -0.15) is 0 Å². The Bertz CT molecular complexity index is 1530. The Hall–Kier alpha value is -3.82. The maximum Gasteiger partial charge on any atom is 0.261 e. The standard InChI is InChI=1S/C26H20N2O5S2/c29-24-19-11-5-4-10-18(19)22(16-23(24)34-17-8-2-1-3-9-17)27-35(32,33)15-14-28-25(30)20-12-6-7-13-21(20)26(28)31/h1-13,16,27,29H,14-15H2. The summed E-state index contributed by atoms with van der Waals surface area (Å²) in [6, 6.07) is 24.4. The molecule has 2 N–H and O–H groups in total. The first-order valence-electron chi connectivity index (χ1n) is 10.8. The number of amides is 2. The second kappa shape index (κ2) is 9.09. The first kappa shape index (κ1) is 22.9. The van der Waals surface area contributed by atoms with Crippen molar-refractivity contribution in [2.75, 3.05) is 17.0 Å². The number of imide groups is 1.